The van der Waals surface area contributed by atoms with Crippen LogP contribution in [-0.2, 0) is 0 Å². The summed E-state index contributed by atoms with van der Waals surface area (Å²) in [6.07, 6.45) is 8.96. The average molecular weight is 871 g/mol. The van der Waals surface area contributed by atoms with E-state index >= 15 is 0 Å². The minimum absolute atomic E-state index is 0.0888. The van der Waals surface area contributed by atoms with Gasteiger partial charge in [0.25, 0.3) is 5.69 Å². The van der Waals surface area contributed by atoms with Crippen LogP contribution in [0.25, 0.3) is 78.0 Å². The molecular weight excluding hydrogens is 839 g/mol. The highest BCUT2D eigenvalue weighted by atomic mass is 79.9. The number of nitriles is 2. The molecule has 0 unspecified atom stereocenters. The van der Waals surface area contributed by atoms with Gasteiger partial charge in [-0.1, -0.05) is 72.8 Å². The van der Waals surface area contributed by atoms with Crippen molar-refractivity contribution in [2.45, 2.75) is 0 Å². The first-order valence-electron chi connectivity index (χ1n) is 19.4. The SMILES string of the molecule is N#Cc1ccc(Br)c([N+](=O)[O-])c1.N#Cc1ccc2c(c1)[nH]c1c2ccc2c1c1ccccc1n2-c1ccccc1.OB(O)c1ccc2c(c1)c1c(n2-c2ccccc2)C=[C+]C=C1. The number of fused-ring (bicyclic) bond motifs is 10. The molecule has 0 atom stereocenters. The molecule has 0 saturated heterocycles. The number of nitrogens with zero attached hydrogens (tertiary/aromatic N) is 5. The van der Waals surface area contributed by atoms with Crippen LogP contribution in [0, 0.1) is 38.9 Å². The van der Waals surface area contributed by atoms with Gasteiger partial charge in [-0.2, -0.15) is 10.5 Å². The molecule has 3 heterocycles. The highest BCUT2D eigenvalue weighted by Crippen LogP contribution is 2.39. The summed E-state index contributed by atoms with van der Waals surface area (Å²) in [5, 5.41) is 52.7. The molecule has 3 aromatic heterocycles. The maximum absolute atomic E-state index is 10.4. The quantitative estimate of drug-likeness (QED) is 0.0692. The normalized spacial score (nSPS) is 11.3. The maximum Gasteiger partial charge on any atom is 0.488 e. The van der Waals surface area contributed by atoms with E-state index in [9.17, 15) is 25.4 Å². The van der Waals surface area contributed by atoms with Crippen LogP contribution in [0.3, 0.4) is 0 Å². The number of hydrogen-bond acceptors (Lipinski definition) is 6. The second-order valence-corrected chi connectivity index (χ2v) is 15.2. The van der Waals surface area contributed by atoms with Gasteiger partial charge in [0, 0.05) is 50.3 Å². The zero-order valence-electron chi connectivity index (χ0n) is 32.6. The van der Waals surface area contributed by atoms with Crippen LogP contribution in [0.1, 0.15) is 22.4 Å². The molecule has 0 spiro atoms. The van der Waals surface area contributed by atoms with Crippen LogP contribution in [0.15, 0.2) is 162 Å². The Morgan fingerprint density at radius 3 is 2.02 bits per heavy atom. The molecule has 294 valence electrons. The van der Waals surface area contributed by atoms with Crippen LogP contribution in [0.2, 0.25) is 0 Å². The molecule has 62 heavy (non-hydrogen) atoms. The Balaban J connectivity index is 0.000000128. The predicted molar refractivity (Wildman–Crippen MR) is 250 cm³/mol. The second kappa shape index (κ2) is 16.5. The van der Waals surface area contributed by atoms with Gasteiger partial charge in [0.1, 0.15) is 17.7 Å². The van der Waals surface area contributed by atoms with E-state index in [0.29, 0.717) is 15.5 Å². The Morgan fingerprint density at radius 1 is 0.677 bits per heavy atom. The number of aromatic nitrogens is 3. The molecule has 12 heteroatoms. The fourth-order valence-corrected chi connectivity index (χ4v) is 8.41. The van der Waals surface area contributed by atoms with Gasteiger partial charge in [-0.05, 0) is 94.2 Å². The van der Waals surface area contributed by atoms with Gasteiger partial charge < -0.3 is 19.6 Å². The Hall–Kier alpha value is -8.09. The highest BCUT2D eigenvalue weighted by Gasteiger charge is 2.25. The Bertz CT molecular complexity index is 3520. The van der Waals surface area contributed by atoms with Gasteiger partial charge in [0.05, 0.1) is 66.5 Å². The molecule has 1 aliphatic carbocycles. The van der Waals surface area contributed by atoms with Crippen molar-refractivity contribution in [2.24, 2.45) is 0 Å². The first kappa shape index (κ1) is 39.4. The second-order valence-electron chi connectivity index (χ2n) is 14.4. The summed E-state index contributed by atoms with van der Waals surface area (Å²) in [4.78, 5) is 13.4. The molecule has 0 saturated carbocycles. The third-order valence-electron chi connectivity index (χ3n) is 10.8. The van der Waals surface area contributed by atoms with Crippen molar-refractivity contribution in [2.75, 3.05) is 0 Å². The number of H-pyrrole nitrogens is 1. The van der Waals surface area contributed by atoms with E-state index in [1.54, 1.807) is 6.07 Å². The topological polar surface area (TPSA) is 157 Å². The first-order chi connectivity index (χ1) is 30.2. The van der Waals surface area contributed by atoms with E-state index in [0.717, 1.165) is 50.0 Å². The number of hydrogen-bond donors (Lipinski definition) is 3. The number of allylic oxidation sites excluding steroid dienone is 2. The lowest BCUT2D eigenvalue weighted by molar-refractivity contribution is -0.385. The molecule has 10 nitrogen and oxygen atoms in total. The van der Waals surface area contributed by atoms with Crippen molar-refractivity contribution in [3.8, 4) is 23.5 Å². The van der Waals surface area contributed by atoms with Crippen molar-refractivity contribution in [3.05, 3.63) is 201 Å². The van der Waals surface area contributed by atoms with E-state index in [1.807, 2.05) is 78.9 Å². The van der Waals surface area contributed by atoms with Crippen LogP contribution in [0.5, 0.6) is 0 Å². The predicted octanol–water partition coefficient (Wildman–Crippen LogP) is 10.7. The van der Waals surface area contributed by atoms with E-state index in [4.69, 9.17) is 5.26 Å². The van der Waals surface area contributed by atoms with E-state index in [-0.39, 0.29) is 11.3 Å². The zero-order chi connectivity index (χ0) is 42.9. The molecule has 0 aliphatic heterocycles. The van der Waals surface area contributed by atoms with E-state index in [1.165, 1.54) is 45.4 Å². The number of aromatic amines is 1. The van der Waals surface area contributed by atoms with Crippen molar-refractivity contribution in [1.82, 2.24) is 14.1 Å². The first-order valence-corrected chi connectivity index (χ1v) is 20.2. The maximum atomic E-state index is 10.4. The standard InChI is InChI=1S/C25H15N3.C18H13BNO2.C7H3BrN2O2/c26-15-16-10-11-18-19-12-13-23-24(25(19)27-21(18)14-16)20-8-4-5-9-22(20)28(23)17-6-2-1-3-7-17;21-19(22)13-10-11-18-16(12-13)15-8-4-5-9-17(15)20(18)14-6-2-1-3-7-14;8-6-2-1-5(4-9)3-7(6)10(11)12/h1-14,27H;1-4,6-12,21-22H;1-3H/q;+1;. The Kier molecular flexibility index (Phi) is 10.5. The molecule has 3 N–H and O–H groups in total. The number of nitro benzene ring substituents is 1. The number of halogens is 1. The Labute approximate surface area is 363 Å². The minimum atomic E-state index is -1.46. The molecule has 7 aromatic carbocycles. The smallest absolute Gasteiger partial charge is 0.423 e. The minimum Gasteiger partial charge on any atom is -0.423 e. The average Bonchev–Trinajstić information content (AvgIpc) is 3.97. The molecular formula is C50H31BBrN6O4+. The van der Waals surface area contributed by atoms with Crippen LogP contribution >= 0.6 is 15.9 Å². The van der Waals surface area contributed by atoms with Crippen molar-refractivity contribution >= 4 is 101 Å². The lowest BCUT2D eigenvalue weighted by Gasteiger charge is -2.07. The summed E-state index contributed by atoms with van der Waals surface area (Å²) >= 11 is 3.01. The monoisotopic (exact) mass is 869 g/mol. The molecule has 0 radical (unpaired) electrons. The largest absolute Gasteiger partial charge is 0.488 e. The number of benzene rings is 7. The third kappa shape index (κ3) is 7.08. The number of para-hydroxylation sites is 3. The highest BCUT2D eigenvalue weighted by molar-refractivity contribution is 9.10. The summed E-state index contributed by atoms with van der Waals surface area (Å²) in [7, 11) is -1.46. The summed E-state index contributed by atoms with van der Waals surface area (Å²) in [5.41, 5.74) is 11.2. The van der Waals surface area contributed by atoms with Crippen molar-refractivity contribution in [1.29, 1.82) is 10.5 Å². The fourth-order valence-electron chi connectivity index (χ4n) is 8.02. The zero-order valence-corrected chi connectivity index (χ0v) is 34.2. The van der Waals surface area contributed by atoms with Crippen LogP contribution in [-0.4, -0.2) is 36.2 Å². The third-order valence-corrected chi connectivity index (χ3v) is 11.4. The molecule has 10 aromatic rings. The lowest BCUT2D eigenvalue weighted by atomic mass is 9.79. The van der Waals surface area contributed by atoms with E-state index < -0.39 is 12.0 Å². The van der Waals surface area contributed by atoms with Gasteiger partial charge >= 0.3 is 7.12 Å². The number of nitro groups is 1. The van der Waals surface area contributed by atoms with Gasteiger partial charge in [-0.3, -0.25) is 14.7 Å². The van der Waals surface area contributed by atoms with Gasteiger partial charge in [-0.15, -0.1) is 0 Å². The van der Waals surface area contributed by atoms with Crippen LogP contribution in [0.4, 0.5) is 5.69 Å². The Morgan fingerprint density at radius 2 is 1.31 bits per heavy atom. The summed E-state index contributed by atoms with van der Waals surface area (Å²) in [5.74, 6) is 0. The van der Waals surface area contributed by atoms with Crippen molar-refractivity contribution < 1.29 is 15.0 Å². The number of rotatable bonds is 4. The summed E-state index contributed by atoms with van der Waals surface area (Å²) in [6.45, 7) is 0. The molecule has 0 amide bonds. The van der Waals surface area contributed by atoms with Gasteiger partial charge in [-0.25, -0.2) is 0 Å². The van der Waals surface area contributed by atoms with Gasteiger partial charge in [0.15, 0.2) is 5.69 Å². The van der Waals surface area contributed by atoms with E-state index in [2.05, 4.69) is 115 Å². The van der Waals surface area contributed by atoms with Gasteiger partial charge in [0.2, 0.25) is 0 Å². The molecule has 0 fully saturated rings. The van der Waals surface area contributed by atoms with Crippen molar-refractivity contribution in [3.63, 3.8) is 0 Å². The summed E-state index contributed by atoms with van der Waals surface area (Å²) in [6, 6.07) is 53.1. The number of nitrogens with one attached hydrogen (secondary N) is 1. The lowest BCUT2D eigenvalue weighted by Crippen LogP contribution is -2.29. The summed E-state index contributed by atoms with van der Waals surface area (Å²) < 4.78 is 4.86. The molecule has 0 bridgehead atoms. The fraction of sp³-hybridized carbons (Fsp3) is 0. The molecule has 11 rings (SSSR count). The molecule has 1 aliphatic rings. The van der Waals surface area contributed by atoms with Crippen LogP contribution < -0.4 is 5.46 Å².